The van der Waals surface area contributed by atoms with Gasteiger partial charge in [0.15, 0.2) is 5.90 Å². The van der Waals surface area contributed by atoms with Gasteiger partial charge in [-0.3, -0.25) is 0 Å². The minimum absolute atomic E-state index is 0.192. The standard InChI is InChI=1S/C20H32N2O2/c1-14(2)16-13-24-18(21-16)20(6,7)17(22(23)19(3,4)5)15-11-9-8-10-12-15/h8-12,14,16-17,23H,13H2,1-7H3/t16-,17+/m0/s1. The first-order chi connectivity index (χ1) is 11.0. The zero-order chi connectivity index (χ0) is 18.1. The third-order valence-electron chi connectivity index (χ3n) is 4.73. The topological polar surface area (TPSA) is 45.1 Å². The molecule has 2 rings (SSSR count). The quantitative estimate of drug-likeness (QED) is 0.795. The minimum atomic E-state index is -0.451. The predicted molar refractivity (Wildman–Crippen MR) is 98.4 cm³/mol. The lowest BCUT2D eigenvalue weighted by Gasteiger charge is -2.44. The Bertz CT molecular complexity index is 573. The Morgan fingerprint density at radius 3 is 2.17 bits per heavy atom. The van der Waals surface area contributed by atoms with Crippen LogP contribution >= 0.6 is 0 Å². The smallest absolute Gasteiger partial charge is 0.191 e. The number of nitrogens with zero attached hydrogens (tertiary/aromatic N) is 2. The molecule has 0 radical (unpaired) electrons. The molecule has 2 atom stereocenters. The predicted octanol–water partition coefficient (Wildman–Crippen LogP) is 4.70. The van der Waals surface area contributed by atoms with Gasteiger partial charge < -0.3 is 9.94 Å². The van der Waals surface area contributed by atoms with Gasteiger partial charge in [0, 0.05) is 5.54 Å². The van der Waals surface area contributed by atoms with E-state index in [1.807, 2.05) is 39.0 Å². The van der Waals surface area contributed by atoms with Gasteiger partial charge in [0.2, 0.25) is 0 Å². The zero-order valence-electron chi connectivity index (χ0n) is 16.1. The molecule has 24 heavy (non-hydrogen) atoms. The van der Waals surface area contributed by atoms with Gasteiger partial charge in [0.05, 0.1) is 17.5 Å². The van der Waals surface area contributed by atoms with E-state index >= 15 is 0 Å². The first-order valence-electron chi connectivity index (χ1n) is 8.79. The third kappa shape index (κ3) is 3.81. The second-order valence-corrected chi connectivity index (χ2v) is 8.61. The van der Waals surface area contributed by atoms with E-state index in [4.69, 9.17) is 9.73 Å². The van der Waals surface area contributed by atoms with E-state index in [9.17, 15) is 5.21 Å². The molecule has 4 nitrogen and oxygen atoms in total. The highest BCUT2D eigenvalue weighted by atomic mass is 16.5. The van der Waals surface area contributed by atoms with Crippen molar-refractivity contribution in [3.8, 4) is 0 Å². The van der Waals surface area contributed by atoms with E-state index < -0.39 is 11.0 Å². The monoisotopic (exact) mass is 332 g/mol. The fourth-order valence-electron chi connectivity index (χ4n) is 3.09. The summed E-state index contributed by atoms with van der Waals surface area (Å²) >= 11 is 0. The van der Waals surface area contributed by atoms with Crippen LogP contribution in [-0.2, 0) is 4.74 Å². The number of hydroxylamine groups is 2. The summed E-state index contributed by atoms with van der Waals surface area (Å²) in [6, 6.07) is 10.0. The van der Waals surface area contributed by atoms with Gasteiger partial charge in [-0.1, -0.05) is 44.2 Å². The van der Waals surface area contributed by atoms with Gasteiger partial charge in [0.1, 0.15) is 6.61 Å². The Balaban J connectivity index is 2.45. The molecule has 1 aliphatic rings. The lowest BCUT2D eigenvalue weighted by molar-refractivity contribution is -0.207. The maximum atomic E-state index is 11.0. The van der Waals surface area contributed by atoms with Crippen molar-refractivity contribution in [1.29, 1.82) is 0 Å². The minimum Gasteiger partial charge on any atom is -0.478 e. The Morgan fingerprint density at radius 2 is 1.71 bits per heavy atom. The summed E-state index contributed by atoms with van der Waals surface area (Å²) in [5, 5.41) is 12.4. The molecule has 0 bridgehead atoms. The molecule has 0 saturated heterocycles. The molecular formula is C20H32N2O2. The average Bonchev–Trinajstić information content (AvgIpc) is 2.98. The second-order valence-electron chi connectivity index (χ2n) is 8.61. The SMILES string of the molecule is CC(C)[C@@H]1COC(C(C)(C)[C@@H](c2ccccc2)N(O)C(C)(C)C)=N1. The van der Waals surface area contributed by atoms with E-state index in [0.29, 0.717) is 12.5 Å². The Morgan fingerprint density at radius 1 is 1.12 bits per heavy atom. The van der Waals surface area contributed by atoms with Crippen LogP contribution in [0.2, 0.25) is 0 Å². The van der Waals surface area contributed by atoms with Crippen molar-refractivity contribution in [3.63, 3.8) is 0 Å². The Kier molecular flexibility index (Phi) is 5.41. The van der Waals surface area contributed by atoms with Crippen LogP contribution < -0.4 is 0 Å². The van der Waals surface area contributed by atoms with Gasteiger partial charge >= 0.3 is 0 Å². The van der Waals surface area contributed by atoms with Gasteiger partial charge in [-0.15, -0.1) is 0 Å². The van der Waals surface area contributed by atoms with E-state index in [2.05, 4.69) is 39.8 Å². The van der Waals surface area contributed by atoms with Crippen molar-refractivity contribution in [2.24, 2.45) is 16.3 Å². The van der Waals surface area contributed by atoms with Gasteiger partial charge in [-0.2, -0.15) is 5.06 Å². The molecule has 1 aromatic rings. The van der Waals surface area contributed by atoms with Gasteiger partial charge in [-0.25, -0.2) is 4.99 Å². The second kappa shape index (κ2) is 6.85. The van der Waals surface area contributed by atoms with E-state index in [-0.39, 0.29) is 12.1 Å². The fraction of sp³-hybridized carbons (Fsp3) is 0.650. The van der Waals surface area contributed by atoms with Crippen LogP contribution in [0.3, 0.4) is 0 Å². The molecule has 1 aromatic carbocycles. The van der Waals surface area contributed by atoms with Crippen molar-refractivity contribution < 1.29 is 9.94 Å². The molecule has 1 N–H and O–H groups in total. The summed E-state index contributed by atoms with van der Waals surface area (Å²) in [5.74, 6) is 1.18. The zero-order valence-corrected chi connectivity index (χ0v) is 16.1. The lowest BCUT2D eigenvalue weighted by atomic mass is 9.78. The van der Waals surface area contributed by atoms with Crippen molar-refractivity contribution in [2.45, 2.75) is 66.1 Å². The highest BCUT2D eigenvalue weighted by molar-refractivity contribution is 5.84. The molecule has 134 valence electrons. The van der Waals surface area contributed by atoms with Crippen molar-refractivity contribution in [2.75, 3.05) is 6.61 Å². The Hall–Kier alpha value is -1.39. The van der Waals surface area contributed by atoms with Gasteiger partial charge in [0.25, 0.3) is 0 Å². The average molecular weight is 332 g/mol. The molecule has 0 amide bonds. The van der Waals surface area contributed by atoms with E-state index in [1.165, 1.54) is 5.06 Å². The summed E-state index contributed by atoms with van der Waals surface area (Å²) in [4.78, 5) is 4.83. The van der Waals surface area contributed by atoms with Crippen LogP contribution in [0.1, 0.15) is 60.1 Å². The largest absolute Gasteiger partial charge is 0.478 e. The number of hydrogen-bond donors (Lipinski definition) is 1. The molecule has 1 heterocycles. The fourth-order valence-corrected chi connectivity index (χ4v) is 3.09. The highest BCUT2D eigenvalue weighted by Crippen LogP contribution is 2.43. The summed E-state index contributed by atoms with van der Waals surface area (Å²) in [5.41, 5.74) is 0.209. The number of aliphatic imine (C=N–C) groups is 1. The number of hydrogen-bond acceptors (Lipinski definition) is 4. The van der Waals surface area contributed by atoms with Crippen LogP contribution in [-0.4, -0.2) is 34.4 Å². The van der Waals surface area contributed by atoms with Crippen molar-refractivity contribution in [1.82, 2.24) is 5.06 Å². The van der Waals surface area contributed by atoms with E-state index in [0.717, 1.165) is 11.5 Å². The summed E-state index contributed by atoms with van der Waals surface area (Å²) in [6.45, 7) is 15.2. The summed E-state index contributed by atoms with van der Waals surface area (Å²) in [7, 11) is 0. The molecule has 0 unspecified atom stereocenters. The summed E-state index contributed by atoms with van der Waals surface area (Å²) < 4.78 is 5.97. The summed E-state index contributed by atoms with van der Waals surface area (Å²) in [6.07, 6.45) is 0. The third-order valence-corrected chi connectivity index (χ3v) is 4.73. The number of ether oxygens (including phenoxy) is 1. The first-order valence-corrected chi connectivity index (χ1v) is 8.79. The lowest BCUT2D eigenvalue weighted by Crippen LogP contribution is -2.49. The molecule has 0 fully saturated rings. The van der Waals surface area contributed by atoms with E-state index in [1.54, 1.807) is 0 Å². The molecule has 4 heteroatoms. The van der Waals surface area contributed by atoms with Crippen LogP contribution in [0.15, 0.2) is 35.3 Å². The maximum absolute atomic E-state index is 11.0. The first kappa shape index (κ1) is 18.9. The normalized spacial score (nSPS) is 20.2. The van der Waals surface area contributed by atoms with Gasteiger partial charge in [-0.05, 0) is 46.1 Å². The van der Waals surface area contributed by atoms with Crippen LogP contribution in [0.4, 0.5) is 0 Å². The highest BCUT2D eigenvalue weighted by Gasteiger charge is 2.45. The van der Waals surface area contributed by atoms with Crippen molar-refractivity contribution >= 4 is 5.90 Å². The molecule has 0 saturated carbocycles. The molecule has 0 aromatic heterocycles. The van der Waals surface area contributed by atoms with Crippen molar-refractivity contribution in [3.05, 3.63) is 35.9 Å². The molecule has 0 spiro atoms. The number of rotatable bonds is 5. The molecule has 0 aliphatic carbocycles. The number of benzene rings is 1. The van der Waals surface area contributed by atoms with Crippen LogP contribution in [0.5, 0.6) is 0 Å². The molecular weight excluding hydrogens is 300 g/mol. The Labute approximate surface area is 146 Å². The van der Waals surface area contributed by atoms with Crippen LogP contribution in [0.25, 0.3) is 0 Å². The molecule has 1 aliphatic heterocycles. The van der Waals surface area contributed by atoms with Crippen LogP contribution in [0, 0.1) is 11.3 Å². The maximum Gasteiger partial charge on any atom is 0.191 e.